The van der Waals surface area contributed by atoms with Crippen molar-refractivity contribution in [3.05, 3.63) is 41.5 Å². The quantitative estimate of drug-likeness (QED) is 0.620. The van der Waals surface area contributed by atoms with Crippen LogP contribution in [-0.2, 0) is 17.8 Å². The standard InChI is InChI=1S/C16H20N2O/c17-15-8-4-7-13-11-18(10-9-14(13)15)16(19)12-5-2-1-3-6-12/h1-2,4,7-8,12H,3,5-6,9-11,17H2. The normalized spacial score (nSPS) is 22.1. The number of anilines is 1. The van der Waals surface area contributed by atoms with Gasteiger partial charge in [-0.1, -0.05) is 24.3 Å². The van der Waals surface area contributed by atoms with E-state index in [1.807, 2.05) is 17.0 Å². The van der Waals surface area contributed by atoms with Gasteiger partial charge in [0.1, 0.15) is 0 Å². The molecule has 0 spiro atoms. The highest BCUT2D eigenvalue weighted by Gasteiger charge is 2.27. The topological polar surface area (TPSA) is 46.3 Å². The first-order valence-electron chi connectivity index (χ1n) is 7.05. The van der Waals surface area contributed by atoms with E-state index in [0.717, 1.165) is 44.5 Å². The smallest absolute Gasteiger partial charge is 0.226 e. The molecule has 1 aliphatic heterocycles. The van der Waals surface area contributed by atoms with Crippen molar-refractivity contribution < 1.29 is 4.79 Å². The third-order valence-electron chi connectivity index (χ3n) is 4.23. The van der Waals surface area contributed by atoms with Crippen LogP contribution in [0.15, 0.2) is 30.4 Å². The molecule has 1 aromatic rings. The molecule has 0 saturated heterocycles. The number of nitrogen functional groups attached to an aromatic ring is 1. The minimum atomic E-state index is 0.188. The zero-order valence-electron chi connectivity index (χ0n) is 11.1. The number of amides is 1. The summed E-state index contributed by atoms with van der Waals surface area (Å²) in [6.45, 7) is 1.53. The number of hydrogen-bond donors (Lipinski definition) is 1. The Hall–Kier alpha value is -1.77. The van der Waals surface area contributed by atoms with Crippen molar-refractivity contribution >= 4 is 11.6 Å². The van der Waals surface area contributed by atoms with Gasteiger partial charge in [-0.2, -0.15) is 0 Å². The molecule has 2 N–H and O–H groups in total. The Labute approximate surface area is 114 Å². The number of nitrogens with zero attached hydrogens (tertiary/aromatic N) is 1. The summed E-state index contributed by atoms with van der Waals surface area (Å²) in [5.74, 6) is 0.505. The Morgan fingerprint density at radius 1 is 1.32 bits per heavy atom. The number of benzene rings is 1. The summed E-state index contributed by atoms with van der Waals surface area (Å²) in [5, 5.41) is 0. The lowest BCUT2D eigenvalue weighted by Crippen LogP contribution is -2.40. The van der Waals surface area contributed by atoms with Crippen molar-refractivity contribution in [2.24, 2.45) is 5.92 Å². The van der Waals surface area contributed by atoms with Crippen LogP contribution in [0, 0.1) is 5.92 Å². The summed E-state index contributed by atoms with van der Waals surface area (Å²) < 4.78 is 0. The molecular weight excluding hydrogens is 236 g/mol. The van der Waals surface area contributed by atoms with Crippen LogP contribution in [0.4, 0.5) is 5.69 Å². The van der Waals surface area contributed by atoms with Crippen LogP contribution in [0.5, 0.6) is 0 Å². The van der Waals surface area contributed by atoms with Gasteiger partial charge in [0.25, 0.3) is 0 Å². The fraction of sp³-hybridized carbons (Fsp3) is 0.438. The minimum Gasteiger partial charge on any atom is -0.398 e. The molecule has 0 saturated carbocycles. The molecule has 1 aliphatic carbocycles. The molecule has 0 bridgehead atoms. The molecule has 1 aromatic carbocycles. The van der Waals surface area contributed by atoms with Gasteiger partial charge in [0, 0.05) is 24.7 Å². The lowest BCUT2D eigenvalue weighted by molar-refractivity contribution is -0.136. The average molecular weight is 256 g/mol. The second-order valence-electron chi connectivity index (χ2n) is 5.48. The molecule has 0 aromatic heterocycles. The van der Waals surface area contributed by atoms with Gasteiger partial charge >= 0.3 is 0 Å². The average Bonchev–Trinajstić information content (AvgIpc) is 2.47. The van der Waals surface area contributed by atoms with Gasteiger partial charge in [0.05, 0.1) is 0 Å². The van der Waals surface area contributed by atoms with Gasteiger partial charge in [0.2, 0.25) is 5.91 Å². The Bertz CT molecular complexity index is 521. The van der Waals surface area contributed by atoms with Crippen molar-refractivity contribution in [3.63, 3.8) is 0 Å². The molecular formula is C16H20N2O. The first-order chi connectivity index (χ1) is 9.25. The number of carbonyl (C=O) groups excluding carboxylic acids is 1. The molecule has 3 heteroatoms. The molecule has 2 aliphatic rings. The van der Waals surface area contributed by atoms with Gasteiger partial charge in [-0.3, -0.25) is 4.79 Å². The second kappa shape index (κ2) is 5.08. The van der Waals surface area contributed by atoms with E-state index in [-0.39, 0.29) is 5.92 Å². The van der Waals surface area contributed by atoms with E-state index in [2.05, 4.69) is 18.2 Å². The molecule has 1 unspecified atom stereocenters. The van der Waals surface area contributed by atoms with Crippen LogP contribution in [0.1, 0.15) is 30.4 Å². The highest BCUT2D eigenvalue weighted by molar-refractivity contribution is 5.79. The molecule has 3 rings (SSSR count). The van der Waals surface area contributed by atoms with Crippen LogP contribution in [0.2, 0.25) is 0 Å². The van der Waals surface area contributed by atoms with Crippen LogP contribution < -0.4 is 5.73 Å². The molecule has 0 fully saturated rings. The zero-order chi connectivity index (χ0) is 13.2. The van der Waals surface area contributed by atoms with E-state index >= 15 is 0 Å². The van der Waals surface area contributed by atoms with E-state index in [4.69, 9.17) is 5.73 Å². The van der Waals surface area contributed by atoms with Gasteiger partial charge in [-0.25, -0.2) is 0 Å². The summed E-state index contributed by atoms with van der Waals surface area (Å²) in [5.41, 5.74) is 9.30. The zero-order valence-corrected chi connectivity index (χ0v) is 11.1. The van der Waals surface area contributed by atoms with E-state index < -0.39 is 0 Å². The Morgan fingerprint density at radius 3 is 3.00 bits per heavy atom. The monoisotopic (exact) mass is 256 g/mol. The highest BCUT2D eigenvalue weighted by atomic mass is 16.2. The summed E-state index contributed by atoms with van der Waals surface area (Å²) in [6, 6.07) is 6.01. The largest absolute Gasteiger partial charge is 0.398 e. The molecule has 19 heavy (non-hydrogen) atoms. The molecule has 1 atom stereocenters. The number of allylic oxidation sites excluding steroid dienone is 2. The molecule has 1 amide bonds. The van der Waals surface area contributed by atoms with E-state index in [1.165, 1.54) is 11.1 Å². The van der Waals surface area contributed by atoms with Crippen molar-refractivity contribution in [3.8, 4) is 0 Å². The molecule has 1 heterocycles. The van der Waals surface area contributed by atoms with Gasteiger partial charge in [0.15, 0.2) is 0 Å². The predicted molar refractivity (Wildman–Crippen MR) is 76.5 cm³/mol. The van der Waals surface area contributed by atoms with Gasteiger partial charge in [-0.05, 0) is 42.9 Å². The summed E-state index contributed by atoms with van der Waals surface area (Å²) in [6.07, 6.45) is 8.14. The number of nitrogens with two attached hydrogens (primary N) is 1. The summed E-state index contributed by atoms with van der Waals surface area (Å²) >= 11 is 0. The third kappa shape index (κ3) is 2.37. The molecule has 3 nitrogen and oxygen atoms in total. The van der Waals surface area contributed by atoms with E-state index in [0.29, 0.717) is 5.91 Å². The summed E-state index contributed by atoms with van der Waals surface area (Å²) in [4.78, 5) is 14.5. The SMILES string of the molecule is Nc1cccc2c1CCN(C(=O)C1CC=CCC1)C2. The first-order valence-corrected chi connectivity index (χ1v) is 7.05. The maximum atomic E-state index is 12.5. The van der Waals surface area contributed by atoms with Crippen LogP contribution in [0.3, 0.4) is 0 Å². The Morgan fingerprint density at radius 2 is 2.21 bits per heavy atom. The van der Waals surface area contributed by atoms with Crippen molar-refractivity contribution in [2.75, 3.05) is 12.3 Å². The second-order valence-corrected chi connectivity index (χ2v) is 5.48. The highest BCUT2D eigenvalue weighted by Crippen LogP contribution is 2.27. The van der Waals surface area contributed by atoms with Crippen LogP contribution >= 0.6 is 0 Å². The lowest BCUT2D eigenvalue weighted by Gasteiger charge is -2.32. The molecule has 100 valence electrons. The maximum Gasteiger partial charge on any atom is 0.226 e. The van der Waals surface area contributed by atoms with Crippen molar-refractivity contribution in [1.82, 2.24) is 4.90 Å². The number of fused-ring (bicyclic) bond motifs is 1. The van der Waals surface area contributed by atoms with Gasteiger partial charge in [-0.15, -0.1) is 0 Å². The maximum absolute atomic E-state index is 12.5. The summed E-state index contributed by atoms with van der Waals surface area (Å²) in [7, 11) is 0. The molecule has 0 radical (unpaired) electrons. The van der Waals surface area contributed by atoms with Crippen LogP contribution in [-0.4, -0.2) is 17.4 Å². The first kappa shape index (κ1) is 12.3. The number of carbonyl (C=O) groups is 1. The van der Waals surface area contributed by atoms with Gasteiger partial charge < -0.3 is 10.6 Å². The minimum absolute atomic E-state index is 0.188. The van der Waals surface area contributed by atoms with E-state index in [9.17, 15) is 4.79 Å². The number of rotatable bonds is 1. The Balaban J connectivity index is 1.75. The van der Waals surface area contributed by atoms with E-state index in [1.54, 1.807) is 0 Å². The van der Waals surface area contributed by atoms with Crippen molar-refractivity contribution in [1.29, 1.82) is 0 Å². The fourth-order valence-electron chi connectivity index (χ4n) is 3.10. The van der Waals surface area contributed by atoms with Crippen LogP contribution in [0.25, 0.3) is 0 Å². The predicted octanol–water partition coefficient (Wildman–Crippen LogP) is 2.51. The fourth-order valence-corrected chi connectivity index (χ4v) is 3.10. The lowest BCUT2D eigenvalue weighted by atomic mass is 9.91. The number of hydrogen-bond acceptors (Lipinski definition) is 2. The third-order valence-corrected chi connectivity index (χ3v) is 4.23. The van der Waals surface area contributed by atoms with Crippen molar-refractivity contribution in [2.45, 2.75) is 32.2 Å². The Kier molecular flexibility index (Phi) is 3.28.